The zero-order chi connectivity index (χ0) is 16.6. The van der Waals surface area contributed by atoms with Crippen LogP contribution in [-0.2, 0) is 13.0 Å². The lowest BCUT2D eigenvalue weighted by molar-refractivity contribution is 0.0963. The predicted octanol–water partition coefficient (Wildman–Crippen LogP) is 4.35. The number of aromatic nitrogens is 1. The van der Waals surface area contributed by atoms with Crippen LogP contribution in [0.15, 0.2) is 42.5 Å². The molecule has 1 N–H and O–H groups in total. The molecule has 0 aliphatic rings. The van der Waals surface area contributed by atoms with E-state index in [0.29, 0.717) is 10.6 Å². The maximum absolute atomic E-state index is 12.9. The first-order chi connectivity index (χ1) is 11.1. The summed E-state index contributed by atoms with van der Waals surface area (Å²) in [6, 6.07) is 12.6. The molecule has 3 aromatic rings. The van der Waals surface area contributed by atoms with E-state index >= 15 is 0 Å². The lowest BCUT2D eigenvalue weighted by atomic mass is 10.1. The Kier molecular flexibility index (Phi) is 4.24. The molecule has 0 radical (unpaired) electrons. The Balaban J connectivity index is 2.22. The number of aryl methyl sites for hydroxylation is 1. The van der Waals surface area contributed by atoms with Gasteiger partial charge in [-0.15, -0.1) is 0 Å². The number of halogens is 1. The van der Waals surface area contributed by atoms with Crippen LogP contribution >= 0.6 is 11.6 Å². The molecule has 3 rings (SSSR count). The van der Waals surface area contributed by atoms with Crippen LogP contribution in [0, 0.1) is 6.92 Å². The highest BCUT2D eigenvalue weighted by Gasteiger charge is 2.19. The van der Waals surface area contributed by atoms with Crippen LogP contribution in [0.3, 0.4) is 0 Å². The Morgan fingerprint density at radius 2 is 1.87 bits per heavy atom. The fraction of sp³-hybridized carbons (Fsp3) is 0.211. The molecule has 3 nitrogen and oxygen atoms in total. The van der Waals surface area contributed by atoms with E-state index < -0.39 is 0 Å². The number of hydrogen-bond acceptors (Lipinski definition) is 2. The Morgan fingerprint density at radius 1 is 1.17 bits per heavy atom. The van der Waals surface area contributed by atoms with Gasteiger partial charge in [-0.2, -0.15) is 0 Å². The minimum Gasteiger partial charge on any atom is -0.392 e. The second-order valence-electron chi connectivity index (χ2n) is 5.57. The fourth-order valence-corrected chi connectivity index (χ4v) is 3.18. The maximum atomic E-state index is 12.9. The fourth-order valence-electron chi connectivity index (χ4n) is 3.06. The van der Waals surface area contributed by atoms with Crippen molar-refractivity contribution in [2.45, 2.75) is 26.9 Å². The van der Waals surface area contributed by atoms with Gasteiger partial charge in [-0.3, -0.25) is 9.36 Å². The van der Waals surface area contributed by atoms with E-state index in [0.717, 1.165) is 34.1 Å². The van der Waals surface area contributed by atoms with Crippen molar-refractivity contribution in [1.29, 1.82) is 0 Å². The summed E-state index contributed by atoms with van der Waals surface area (Å²) in [7, 11) is 0. The molecule has 2 aromatic carbocycles. The summed E-state index contributed by atoms with van der Waals surface area (Å²) in [5.74, 6) is -0.0689. The van der Waals surface area contributed by atoms with Crippen molar-refractivity contribution in [2.75, 3.05) is 0 Å². The summed E-state index contributed by atoms with van der Waals surface area (Å²) in [5, 5.41) is 11.0. The number of carbonyl (C=O) groups is 1. The molecular formula is C19H18ClNO2. The van der Waals surface area contributed by atoms with Crippen LogP contribution < -0.4 is 0 Å². The summed E-state index contributed by atoms with van der Waals surface area (Å²) < 4.78 is 1.75. The highest BCUT2D eigenvalue weighted by Crippen LogP contribution is 2.28. The van der Waals surface area contributed by atoms with Crippen molar-refractivity contribution in [2.24, 2.45) is 0 Å². The molecule has 0 atom stereocenters. The molecule has 23 heavy (non-hydrogen) atoms. The standard InChI is InChI=1S/C19H18ClNO2/c1-3-16-12(2)21(18-9-4-13(11-22)10-17(16)18)19(23)14-5-7-15(20)8-6-14/h4-10,22H,3,11H2,1-2H3. The van der Waals surface area contributed by atoms with Crippen molar-refractivity contribution < 1.29 is 9.90 Å². The summed E-state index contributed by atoms with van der Waals surface area (Å²) >= 11 is 5.91. The zero-order valence-electron chi connectivity index (χ0n) is 13.1. The average molecular weight is 328 g/mol. The van der Waals surface area contributed by atoms with E-state index in [9.17, 15) is 9.90 Å². The molecule has 1 aromatic heterocycles. The van der Waals surface area contributed by atoms with Crippen LogP contribution in [-0.4, -0.2) is 15.6 Å². The van der Waals surface area contributed by atoms with E-state index in [4.69, 9.17) is 11.6 Å². The minimum absolute atomic E-state index is 0.00550. The van der Waals surface area contributed by atoms with E-state index in [1.54, 1.807) is 28.8 Å². The van der Waals surface area contributed by atoms with Gasteiger partial charge in [0, 0.05) is 21.7 Å². The average Bonchev–Trinajstić information content (AvgIpc) is 2.85. The molecule has 0 unspecified atom stereocenters. The van der Waals surface area contributed by atoms with E-state index in [1.807, 2.05) is 25.1 Å². The Labute approximate surface area is 140 Å². The van der Waals surface area contributed by atoms with Gasteiger partial charge < -0.3 is 5.11 Å². The molecule has 0 saturated carbocycles. The topological polar surface area (TPSA) is 42.2 Å². The SMILES string of the molecule is CCc1c(C)n(C(=O)c2ccc(Cl)cc2)c2ccc(CO)cc12. The smallest absolute Gasteiger partial charge is 0.262 e. The normalized spacial score (nSPS) is 11.1. The second kappa shape index (κ2) is 6.19. The van der Waals surface area contributed by atoms with Crippen LogP contribution in [0.2, 0.25) is 5.02 Å². The number of hydrogen-bond donors (Lipinski definition) is 1. The van der Waals surface area contributed by atoms with Gasteiger partial charge in [0.2, 0.25) is 0 Å². The highest BCUT2D eigenvalue weighted by atomic mass is 35.5. The zero-order valence-corrected chi connectivity index (χ0v) is 13.9. The molecule has 0 aliphatic carbocycles. The molecule has 118 valence electrons. The lowest BCUT2D eigenvalue weighted by Gasteiger charge is -2.08. The molecule has 4 heteroatoms. The highest BCUT2D eigenvalue weighted by molar-refractivity contribution is 6.30. The van der Waals surface area contributed by atoms with Gasteiger partial charge in [-0.05, 0) is 60.9 Å². The second-order valence-corrected chi connectivity index (χ2v) is 6.01. The first-order valence-corrected chi connectivity index (χ1v) is 7.98. The first kappa shape index (κ1) is 15.8. The number of benzene rings is 2. The number of aliphatic hydroxyl groups is 1. The number of carbonyl (C=O) groups excluding carboxylic acids is 1. The van der Waals surface area contributed by atoms with Crippen LogP contribution in [0.1, 0.15) is 34.1 Å². The van der Waals surface area contributed by atoms with Crippen LogP contribution in [0.5, 0.6) is 0 Å². The van der Waals surface area contributed by atoms with Crippen LogP contribution in [0.4, 0.5) is 0 Å². The van der Waals surface area contributed by atoms with Gasteiger partial charge >= 0.3 is 0 Å². The lowest BCUT2D eigenvalue weighted by Crippen LogP contribution is -2.13. The van der Waals surface area contributed by atoms with Gasteiger partial charge in [-0.25, -0.2) is 0 Å². The number of fused-ring (bicyclic) bond motifs is 1. The molecule has 1 heterocycles. The summed E-state index contributed by atoms with van der Waals surface area (Å²) in [6.07, 6.45) is 0.831. The number of rotatable bonds is 3. The largest absolute Gasteiger partial charge is 0.392 e. The number of aliphatic hydroxyl groups excluding tert-OH is 1. The molecule has 0 bridgehead atoms. The number of nitrogens with zero attached hydrogens (tertiary/aromatic N) is 1. The van der Waals surface area contributed by atoms with E-state index in [2.05, 4.69) is 6.92 Å². The van der Waals surface area contributed by atoms with Gasteiger partial charge in [0.15, 0.2) is 0 Å². The summed E-state index contributed by atoms with van der Waals surface area (Å²) in [6.45, 7) is 4.03. The van der Waals surface area contributed by atoms with Gasteiger partial charge in [0.1, 0.15) is 0 Å². The molecule has 0 aliphatic heterocycles. The molecule has 0 saturated heterocycles. The first-order valence-electron chi connectivity index (χ1n) is 7.60. The van der Waals surface area contributed by atoms with Crippen molar-refractivity contribution in [3.63, 3.8) is 0 Å². The molecule has 0 spiro atoms. The molecular weight excluding hydrogens is 310 g/mol. The summed E-state index contributed by atoms with van der Waals surface area (Å²) in [5.41, 5.74) is 4.40. The van der Waals surface area contributed by atoms with Crippen molar-refractivity contribution in [3.8, 4) is 0 Å². The Hall–Kier alpha value is -2.10. The molecule has 0 amide bonds. The Morgan fingerprint density at radius 3 is 2.48 bits per heavy atom. The van der Waals surface area contributed by atoms with E-state index in [1.165, 1.54) is 0 Å². The maximum Gasteiger partial charge on any atom is 0.262 e. The molecule has 0 fully saturated rings. The predicted molar refractivity (Wildman–Crippen MR) is 93.2 cm³/mol. The van der Waals surface area contributed by atoms with Crippen LogP contribution in [0.25, 0.3) is 10.9 Å². The monoisotopic (exact) mass is 327 g/mol. The Bertz CT molecular complexity index is 879. The third-order valence-electron chi connectivity index (χ3n) is 4.23. The van der Waals surface area contributed by atoms with Gasteiger partial charge in [0.05, 0.1) is 12.1 Å². The minimum atomic E-state index is -0.0689. The van der Waals surface area contributed by atoms with Crippen molar-refractivity contribution in [1.82, 2.24) is 4.57 Å². The van der Waals surface area contributed by atoms with Crippen molar-refractivity contribution in [3.05, 3.63) is 69.9 Å². The summed E-state index contributed by atoms with van der Waals surface area (Å²) in [4.78, 5) is 12.9. The van der Waals surface area contributed by atoms with E-state index in [-0.39, 0.29) is 12.5 Å². The van der Waals surface area contributed by atoms with Gasteiger partial charge in [0.25, 0.3) is 5.91 Å². The quantitative estimate of drug-likeness (QED) is 0.777. The third kappa shape index (κ3) is 2.67. The van der Waals surface area contributed by atoms with Crippen molar-refractivity contribution >= 4 is 28.4 Å². The third-order valence-corrected chi connectivity index (χ3v) is 4.48. The van der Waals surface area contributed by atoms with Gasteiger partial charge in [-0.1, -0.05) is 24.6 Å².